The van der Waals surface area contributed by atoms with Gasteiger partial charge in [0.1, 0.15) is 11.6 Å². The third-order valence-electron chi connectivity index (χ3n) is 5.49. The van der Waals surface area contributed by atoms with Crippen LogP contribution in [0.25, 0.3) is 0 Å². The predicted molar refractivity (Wildman–Crippen MR) is 94.9 cm³/mol. The molecule has 0 atom stereocenters. The predicted octanol–water partition coefficient (Wildman–Crippen LogP) is 2.92. The second-order valence-electron chi connectivity index (χ2n) is 7.49. The number of fused-ring (bicyclic) bond motifs is 1. The molecule has 0 radical (unpaired) electrons. The van der Waals surface area contributed by atoms with E-state index in [-0.39, 0.29) is 5.56 Å². The highest BCUT2D eigenvalue weighted by molar-refractivity contribution is 5.22. The summed E-state index contributed by atoms with van der Waals surface area (Å²) in [5.41, 5.74) is 2.86. The Morgan fingerprint density at radius 2 is 1.77 bits per heavy atom. The lowest BCUT2D eigenvalue weighted by atomic mass is 9.96. The highest BCUT2D eigenvalue weighted by Gasteiger charge is 2.22. The first-order chi connectivity index (χ1) is 12.6. The number of rotatable bonds is 4. The zero-order chi connectivity index (χ0) is 18.1. The van der Waals surface area contributed by atoms with Crippen LogP contribution in [0.15, 0.2) is 29.1 Å². The highest BCUT2D eigenvalue weighted by Crippen LogP contribution is 2.22. The Kier molecular flexibility index (Phi) is 4.85. The summed E-state index contributed by atoms with van der Waals surface area (Å²) in [7, 11) is 0. The molecule has 138 valence electrons. The van der Waals surface area contributed by atoms with Crippen molar-refractivity contribution in [1.82, 2.24) is 14.7 Å². The SMILES string of the molecule is O=c1cc2c(nn1CC1CCN(Cc3cc(F)cc(F)c3)CC1)CCC2. The molecule has 4 nitrogen and oxygen atoms in total. The fourth-order valence-electron chi connectivity index (χ4n) is 4.10. The number of nitrogens with zero attached hydrogens (tertiary/aromatic N) is 3. The maximum atomic E-state index is 13.3. The maximum absolute atomic E-state index is 13.3. The van der Waals surface area contributed by atoms with E-state index in [4.69, 9.17) is 0 Å². The van der Waals surface area contributed by atoms with Crippen LogP contribution in [-0.4, -0.2) is 27.8 Å². The van der Waals surface area contributed by atoms with Gasteiger partial charge in [0.15, 0.2) is 0 Å². The van der Waals surface area contributed by atoms with Crippen molar-refractivity contribution in [3.05, 3.63) is 63.1 Å². The summed E-state index contributed by atoms with van der Waals surface area (Å²) in [5, 5.41) is 4.56. The molecule has 6 heteroatoms. The molecule has 0 saturated carbocycles. The van der Waals surface area contributed by atoms with Crippen molar-refractivity contribution in [2.45, 2.75) is 45.2 Å². The third kappa shape index (κ3) is 3.85. The molecular weight excluding hydrogens is 336 g/mol. The minimum absolute atomic E-state index is 0.00307. The van der Waals surface area contributed by atoms with Crippen LogP contribution in [0.5, 0.6) is 0 Å². The van der Waals surface area contributed by atoms with Crippen LogP contribution in [0.1, 0.15) is 36.1 Å². The van der Waals surface area contributed by atoms with E-state index in [1.807, 2.05) is 0 Å². The monoisotopic (exact) mass is 359 g/mol. The number of aryl methyl sites for hydroxylation is 2. The molecule has 1 fully saturated rings. The number of hydrogen-bond acceptors (Lipinski definition) is 3. The Bertz CT molecular complexity index is 836. The zero-order valence-electron chi connectivity index (χ0n) is 14.8. The zero-order valence-corrected chi connectivity index (χ0v) is 14.8. The lowest BCUT2D eigenvalue weighted by molar-refractivity contribution is 0.163. The quantitative estimate of drug-likeness (QED) is 0.842. The molecule has 26 heavy (non-hydrogen) atoms. The number of aromatic nitrogens is 2. The number of benzene rings is 1. The number of hydrogen-bond donors (Lipinski definition) is 0. The van der Waals surface area contributed by atoms with Crippen molar-refractivity contribution in [3.63, 3.8) is 0 Å². The lowest BCUT2D eigenvalue weighted by Crippen LogP contribution is -2.36. The molecule has 1 aliphatic carbocycles. The first-order valence-electron chi connectivity index (χ1n) is 9.34. The van der Waals surface area contributed by atoms with Gasteiger partial charge in [-0.3, -0.25) is 9.69 Å². The molecule has 1 aromatic heterocycles. The van der Waals surface area contributed by atoms with Gasteiger partial charge in [0.05, 0.1) is 5.69 Å². The highest BCUT2D eigenvalue weighted by atomic mass is 19.1. The van der Waals surface area contributed by atoms with Gasteiger partial charge in [-0.25, -0.2) is 13.5 Å². The van der Waals surface area contributed by atoms with Gasteiger partial charge in [-0.15, -0.1) is 0 Å². The van der Waals surface area contributed by atoms with Crippen molar-refractivity contribution in [1.29, 1.82) is 0 Å². The molecule has 1 saturated heterocycles. The molecule has 0 N–H and O–H groups in total. The number of halogens is 2. The smallest absolute Gasteiger partial charge is 0.267 e. The summed E-state index contributed by atoms with van der Waals surface area (Å²) >= 11 is 0. The Morgan fingerprint density at radius 3 is 2.50 bits per heavy atom. The fraction of sp³-hybridized carbons (Fsp3) is 0.500. The van der Waals surface area contributed by atoms with Crippen LogP contribution in [-0.2, 0) is 25.9 Å². The van der Waals surface area contributed by atoms with Crippen LogP contribution in [0.2, 0.25) is 0 Å². The van der Waals surface area contributed by atoms with Gasteiger partial charge < -0.3 is 0 Å². The first-order valence-corrected chi connectivity index (χ1v) is 9.34. The van der Waals surface area contributed by atoms with Gasteiger partial charge in [0, 0.05) is 25.2 Å². The van der Waals surface area contributed by atoms with Crippen molar-refractivity contribution < 1.29 is 8.78 Å². The van der Waals surface area contributed by atoms with Gasteiger partial charge >= 0.3 is 0 Å². The van der Waals surface area contributed by atoms with E-state index in [1.54, 1.807) is 10.7 Å². The normalized spacial score (nSPS) is 18.2. The van der Waals surface area contributed by atoms with Gasteiger partial charge in [-0.2, -0.15) is 5.10 Å². The minimum atomic E-state index is -0.531. The van der Waals surface area contributed by atoms with E-state index in [1.165, 1.54) is 12.1 Å². The van der Waals surface area contributed by atoms with Crippen LogP contribution >= 0.6 is 0 Å². The van der Waals surface area contributed by atoms with Crippen molar-refractivity contribution in [3.8, 4) is 0 Å². The molecule has 0 spiro atoms. The summed E-state index contributed by atoms with van der Waals surface area (Å²) in [6.07, 6.45) is 4.95. The van der Waals surface area contributed by atoms with E-state index in [0.717, 1.165) is 62.5 Å². The van der Waals surface area contributed by atoms with Crippen molar-refractivity contribution in [2.75, 3.05) is 13.1 Å². The van der Waals surface area contributed by atoms with Gasteiger partial charge in [-0.05, 0) is 74.4 Å². The molecule has 0 amide bonds. The molecule has 2 heterocycles. The van der Waals surface area contributed by atoms with Crippen molar-refractivity contribution >= 4 is 0 Å². The molecule has 4 rings (SSSR count). The molecule has 2 aromatic rings. The average Bonchev–Trinajstić information content (AvgIpc) is 3.03. The average molecular weight is 359 g/mol. The molecule has 0 bridgehead atoms. The Hall–Kier alpha value is -2.08. The number of piperidine rings is 1. The topological polar surface area (TPSA) is 38.1 Å². The molecule has 1 aromatic carbocycles. The Balaban J connectivity index is 1.35. The minimum Gasteiger partial charge on any atom is -0.299 e. The molecule has 1 aliphatic heterocycles. The molecular formula is C20H23F2N3O. The van der Waals surface area contributed by atoms with Gasteiger partial charge in [0.2, 0.25) is 0 Å². The van der Waals surface area contributed by atoms with E-state index < -0.39 is 11.6 Å². The summed E-state index contributed by atoms with van der Waals surface area (Å²) in [5.74, 6) is -0.644. The second-order valence-corrected chi connectivity index (χ2v) is 7.49. The summed E-state index contributed by atoms with van der Waals surface area (Å²) in [4.78, 5) is 14.5. The fourth-order valence-corrected chi connectivity index (χ4v) is 4.10. The standard InChI is InChI=1S/C20H23F2N3O/c21-17-8-15(9-18(22)11-17)12-24-6-4-14(5-7-24)13-25-20(26)10-16-2-1-3-19(16)23-25/h8-11,14H,1-7,12-13H2. The number of likely N-dealkylation sites (tertiary alicyclic amines) is 1. The summed E-state index contributed by atoms with van der Waals surface area (Å²) in [6, 6.07) is 5.44. The van der Waals surface area contributed by atoms with E-state index in [2.05, 4.69) is 10.00 Å². The summed E-state index contributed by atoms with van der Waals surface area (Å²) in [6.45, 7) is 2.94. The van der Waals surface area contributed by atoms with Crippen LogP contribution < -0.4 is 5.56 Å². The maximum Gasteiger partial charge on any atom is 0.267 e. The summed E-state index contributed by atoms with van der Waals surface area (Å²) < 4.78 is 28.3. The van der Waals surface area contributed by atoms with Crippen molar-refractivity contribution in [2.24, 2.45) is 5.92 Å². The Labute approximate surface area is 151 Å². The van der Waals surface area contributed by atoms with E-state index in [0.29, 0.717) is 24.6 Å². The van der Waals surface area contributed by atoms with Gasteiger partial charge in [0.25, 0.3) is 5.56 Å². The first kappa shape index (κ1) is 17.3. The third-order valence-corrected chi connectivity index (χ3v) is 5.49. The van der Waals surface area contributed by atoms with Crippen LogP contribution in [0, 0.1) is 17.6 Å². The Morgan fingerprint density at radius 1 is 1.04 bits per heavy atom. The van der Waals surface area contributed by atoms with Crippen LogP contribution in [0.4, 0.5) is 8.78 Å². The van der Waals surface area contributed by atoms with E-state index >= 15 is 0 Å². The second kappa shape index (κ2) is 7.27. The lowest BCUT2D eigenvalue weighted by Gasteiger charge is -2.32. The van der Waals surface area contributed by atoms with E-state index in [9.17, 15) is 13.6 Å². The molecule has 2 aliphatic rings. The largest absolute Gasteiger partial charge is 0.299 e. The van der Waals surface area contributed by atoms with Crippen LogP contribution in [0.3, 0.4) is 0 Å². The molecule has 0 unspecified atom stereocenters. The van der Waals surface area contributed by atoms with Gasteiger partial charge in [-0.1, -0.05) is 0 Å².